The summed E-state index contributed by atoms with van der Waals surface area (Å²) in [4.78, 5) is 2.39. The number of phenols is 1. The molecular weight excluding hydrogens is 264 g/mol. The highest BCUT2D eigenvalue weighted by molar-refractivity contribution is 6.32. The molecular formula is C14H21ClN2O2. The zero-order chi connectivity index (χ0) is 13.8. The van der Waals surface area contributed by atoms with Crippen LogP contribution in [0.15, 0.2) is 6.07 Å². The molecule has 0 atom stereocenters. The largest absolute Gasteiger partial charge is 0.507 e. The lowest BCUT2D eigenvalue weighted by Gasteiger charge is -2.27. The van der Waals surface area contributed by atoms with Crippen LogP contribution in [0.4, 0.5) is 0 Å². The Morgan fingerprint density at radius 3 is 2.74 bits per heavy atom. The molecule has 5 heteroatoms. The molecule has 0 saturated carbocycles. The van der Waals surface area contributed by atoms with Crippen molar-refractivity contribution in [2.75, 3.05) is 39.8 Å². The molecule has 0 aliphatic carbocycles. The van der Waals surface area contributed by atoms with Gasteiger partial charge >= 0.3 is 0 Å². The maximum Gasteiger partial charge on any atom is 0.144 e. The summed E-state index contributed by atoms with van der Waals surface area (Å²) in [6, 6.07) is 1.81. The molecule has 19 heavy (non-hydrogen) atoms. The first-order chi connectivity index (χ1) is 9.13. The van der Waals surface area contributed by atoms with Crippen LogP contribution in [0.2, 0.25) is 5.02 Å². The Kier molecular flexibility index (Phi) is 4.91. The van der Waals surface area contributed by atoms with Gasteiger partial charge in [-0.15, -0.1) is 0 Å². The van der Waals surface area contributed by atoms with Crippen LogP contribution in [0, 0.1) is 6.92 Å². The highest BCUT2D eigenvalue weighted by Crippen LogP contribution is 2.37. The second-order valence-corrected chi connectivity index (χ2v) is 5.27. The Bertz CT molecular complexity index is 446. The molecule has 0 aromatic heterocycles. The van der Waals surface area contributed by atoms with Gasteiger partial charge in [-0.2, -0.15) is 0 Å². The summed E-state index contributed by atoms with van der Waals surface area (Å²) in [5, 5.41) is 14.1. The van der Waals surface area contributed by atoms with E-state index in [4.69, 9.17) is 16.3 Å². The van der Waals surface area contributed by atoms with Gasteiger partial charge in [0.2, 0.25) is 0 Å². The summed E-state index contributed by atoms with van der Waals surface area (Å²) in [6.45, 7) is 6.96. The van der Waals surface area contributed by atoms with E-state index in [-0.39, 0.29) is 0 Å². The van der Waals surface area contributed by atoms with Gasteiger partial charge in [-0.05, 0) is 25.0 Å². The molecule has 1 fully saturated rings. The van der Waals surface area contributed by atoms with Crippen LogP contribution in [-0.4, -0.2) is 49.8 Å². The zero-order valence-corrected chi connectivity index (χ0v) is 12.3. The van der Waals surface area contributed by atoms with Crippen LogP contribution < -0.4 is 10.1 Å². The summed E-state index contributed by atoms with van der Waals surface area (Å²) in [5.41, 5.74) is 1.60. The molecule has 0 bridgehead atoms. The van der Waals surface area contributed by atoms with Gasteiger partial charge in [-0.1, -0.05) is 11.6 Å². The standard InChI is InChI=1S/C14H21ClN2O2/c1-10-13(18)11(9-12(15)14(10)19-2)3-6-17-7-4-16-5-8-17/h9,16,18H,3-8H2,1-2H3. The molecule has 0 radical (unpaired) electrons. The molecule has 0 unspecified atom stereocenters. The Morgan fingerprint density at radius 1 is 1.42 bits per heavy atom. The summed E-state index contributed by atoms with van der Waals surface area (Å²) in [7, 11) is 1.56. The molecule has 1 aromatic carbocycles. The van der Waals surface area contributed by atoms with E-state index in [1.54, 1.807) is 7.11 Å². The molecule has 0 spiro atoms. The Hall–Kier alpha value is -0.970. The number of halogens is 1. The second kappa shape index (κ2) is 6.46. The fourth-order valence-corrected chi connectivity index (χ4v) is 2.82. The number of rotatable bonds is 4. The minimum Gasteiger partial charge on any atom is -0.507 e. The number of hydrogen-bond donors (Lipinski definition) is 2. The summed E-state index contributed by atoms with van der Waals surface area (Å²) < 4.78 is 5.20. The predicted octanol–water partition coefficient (Wildman–Crippen LogP) is 1.81. The number of methoxy groups -OCH3 is 1. The van der Waals surface area contributed by atoms with Crippen molar-refractivity contribution in [3.63, 3.8) is 0 Å². The van der Waals surface area contributed by atoms with Crippen molar-refractivity contribution >= 4 is 11.6 Å². The SMILES string of the molecule is COc1c(Cl)cc(CCN2CCNCC2)c(O)c1C. The lowest BCUT2D eigenvalue weighted by atomic mass is 10.1. The molecule has 0 amide bonds. The first-order valence-corrected chi connectivity index (χ1v) is 6.99. The predicted molar refractivity (Wildman–Crippen MR) is 77.4 cm³/mol. The quantitative estimate of drug-likeness (QED) is 0.885. The van der Waals surface area contributed by atoms with Gasteiger partial charge in [0.15, 0.2) is 0 Å². The first kappa shape index (κ1) is 14.4. The van der Waals surface area contributed by atoms with E-state index >= 15 is 0 Å². The van der Waals surface area contributed by atoms with Crippen molar-refractivity contribution in [2.24, 2.45) is 0 Å². The average molecular weight is 285 g/mol. The monoisotopic (exact) mass is 284 g/mol. The van der Waals surface area contributed by atoms with Gasteiger partial charge in [0.25, 0.3) is 0 Å². The molecule has 2 rings (SSSR count). The van der Waals surface area contributed by atoms with Crippen molar-refractivity contribution in [2.45, 2.75) is 13.3 Å². The maximum absolute atomic E-state index is 10.2. The fourth-order valence-electron chi connectivity index (χ4n) is 2.47. The summed E-state index contributed by atoms with van der Waals surface area (Å²) in [6.07, 6.45) is 0.802. The molecule has 1 aromatic rings. The van der Waals surface area contributed by atoms with Crippen molar-refractivity contribution in [3.8, 4) is 11.5 Å². The van der Waals surface area contributed by atoms with Crippen LogP contribution in [-0.2, 0) is 6.42 Å². The average Bonchev–Trinajstić information content (AvgIpc) is 2.43. The molecule has 1 aliphatic rings. The van der Waals surface area contributed by atoms with Crippen LogP contribution in [0.3, 0.4) is 0 Å². The molecule has 4 nitrogen and oxygen atoms in total. The smallest absolute Gasteiger partial charge is 0.144 e. The normalized spacial score (nSPS) is 16.6. The van der Waals surface area contributed by atoms with Gasteiger partial charge < -0.3 is 20.1 Å². The van der Waals surface area contributed by atoms with Gasteiger partial charge in [0.05, 0.1) is 12.1 Å². The number of hydrogen-bond acceptors (Lipinski definition) is 4. The maximum atomic E-state index is 10.2. The number of nitrogens with zero attached hydrogens (tertiary/aromatic N) is 1. The highest BCUT2D eigenvalue weighted by Gasteiger charge is 2.16. The minimum atomic E-state index is 0.302. The third-order valence-corrected chi connectivity index (χ3v) is 3.91. The van der Waals surface area contributed by atoms with E-state index in [0.717, 1.165) is 44.7 Å². The van der Waals surface area contributed by atoms with Crippen molar-refractivity contribution in [1.29, 1.82) is 0 Å². The molecule has 1 saturated heterocycles. The van der Waals surface area contributed by atoms with Gasteiger partial charge in [0, 0.05) is 38.3 Å². The van der Waals surface area contributed by atoms with Crippen LogP contribution in [0.25, 0.3) is 0 Å². The molecule has 106 valence electrons. The lowest BCUT2D eigenvalue weighted by Crippen LogP contribution is -2.44. The van der Waals surface area contributed by atoms with Crippen molar-refractivity contribution in [1.82, 2.24) is 10.2 Å². The van der Waals surface area contributed by atoms with E-state index < -0.39 is 0 Å². The van der Waals surface area contributed by atoms with Crippen molar-refractivity contribution < 1.29 is 9.84 Å². The van der Waals surface area contributed by atoms with E-state index in [0.29, 0.717) is 22.1 Å². The molecule has 1 heterocycles. The summed E-state index contributed by atoms with van der Waals surface area (Å²) >= 11 is 6.17. The molecule has 1 aliphatic heterocycles. The van der Waals surface area contributed by atoms with Crippen LogP contribution in [0.5, 0.6) is 11.5 Å². The topological polar surface area (TPSA) is 44.7 Å². The van der Waals surface area contributed by atoms with Crippen LogP contribution >= 0.6 is 11.6 Å². The Morgan fingerprint density at radius 2 is 2.11 bits per heavy atom. The van der Waals surface area contributed by atoms with Gasteiger partial charge in [-0.3, -0.25) is 0 Å². The number of nitrogens with one attached hydrogen (secondary N) is 1. The third kappa shape index (κ3) is 3.32. The van der Waals surface area contributed by atoms with Crippen LogP contribution in [0.1, 0.15) is 11.1 Å². The first-order valence-electron chi connectivity index (χ1n) is 6.61. The summed E-state index contributed by atoms with van der Waals surface area (Å²) in [5.74, 6) is 0.862. The molecule has 2 N–H and O–H groups in total. The fraction of sp³-hybridized carbons (Fsp3) is 0.571. The highest BCUT2D eigenvalue weighted by atomic mass is 35.5. The number of benzene rings is 1. The number of aromatic hydroxyl groups is 1. The third-order valence-electron chi connectivity index (χ3n) is 3.63. The van der Waals surface area contributed by atoms with E-state index in [1.807, 2.05) is 13.0 Å². The van der Waals surface area contributed by atoms with Gasteiger partial charge in [-0.25, -0.2) is 0 Å². The minimum absolute atomic E-state index is 0.302. The Balaban J connectivity index is 2.07. The Labute approximate surface area is 119 Å². The van der Waals surface area contributed by atoms with E-state index in [9.17, 15) is 5.11 Å². The van der Waals surface area contributed by atoms with E-state index in [2.05, 4.69) is 10.2 Å². The van der Waals surface area contributed by atoms with Gasteiger partial charge in [0.1, 0.15) is 11.5 Å². The van der Waals surface area contributed by atoms with Crippen molar-refractivity contribution in [3.05, 3.63) is 22.2 Å². The second-order valence-electron chi connectivity index (χ2n) is 4.87. The van der Waals surface area contributed by atoms with E-state index in [1.165, 1.54) is 0 Å². The number of piperazine rings is 1. The number of phenolic OH excluding ortho intramolecular Hbond substituents is 1. The zero-order valence-electron chi connectivity index (χ0n) is 11.5. The number of ether oxygens (including phenoxy) is 1. The lowest BCUT2D eigenvalue weighted by molar-refractivity contribution is 0.243.